The molecule has 0 atom stereocenters. The Hall–Kier alpha value is -2.03. The number of rotatable bonds is 6. The largest absolute Gasteiger partial charge is 0.358 e. The maximum absolute atomic E-state index is 12.4. The molecular weight excluding hydrogens is 368 g/mol. The molecule has 0 amide bonds. The Kier molecular flexibility index (Phi) is 5.27. The second-order valence-electron chi connectivity index (χ2n) is 6.33. The summed E-state index contributed by atoms with van der Waals surface area (Å²) in [6.45, 7) is 6.63. The van der Waals surface area contributed by atoms with Crippen molar-refractivity contribution in [2.45, 2.75) is 25.7 Å². The van der Waals surface area contributed by atoms with Crippen molar-refractivity contribution in [1.29, 1.82) is 0 Å². The van der Waals surface area contributed by atoms with Gasteiger partial charge in [0.15, 0.2) is 0 Å². The highest BCUT2D eigenvalue weighted by Crippen LogP contribution is 2.30. The van der Waals surface area contributed by atoms with Crippen LogP contribution in [0.25, 0.3) is 10.2 Å². The highest BCUT2D eigenvalue weighted by atomic mass is 32.2. The summed E-state index contributed by atoms with van der Waals surface area (Å²) in [5.41, 5.74) is 2.16. The number of aromatic nitrogens is 2. The number of hydrogen-bond donors (Lipinski definition) is 1. The summed E-state index contributed by atoms with van der Waals surface area (Å²) in [5.74, 6) is 1.54. The molecule has 0 aliphatic heterocycles. The summed E-state index contributed by atoms with van der Waals surface area (Å²) in [6.07, 6.45) is 0. The third kappa shape index (κ3) is 3.87. The smallest absolute Gasteiger partial charge is 0.240 e. The van der Waals surface area contributed by atoms with E-state index in [1.807, 2.05) is 32.7 Å². The number of nitrogens with one attached hydrogen (secondary N) is 1. The zero-order chi connectivity index (χ0) is 18.9. The maximum atomic E-state index is 12.4. The second-order valence-corrected chi connectivity index (χ2v) is 8.95. The van der Waals surface area contributed by atoms with E-state index >= 15 is 0 Å². The van der Waals surface area contributed by atoms with Gasteiger partial charge in [0.05, 0.1) is 10.3 Å². The van der Waals surface area contributed by atoms with E-state index in [0.717, 1.165) is 27.2 Å². The molecule has 1 aromatic carbocycles. The average molecular weight is 391 g/mol. The van der Waals surface area contributed by atoms with Crippen LogP contribution in [-0.2, 0) is 10.0 Å². The Morgan fingerprint density at radius 1 is 1.12 bits per heavy atom. The van der Waals surface area contributed by atoms with E-state index in [0.29, 0.717) is 18.9 Å². The Labute approximate surface area is 158 Å². The van der Waals surface area contributed by atoms with Crippen LogP contribution in [0.15, 0.2) is 34.5 Å². The van der Waals surface area contributed by atoms with Crippen molar-refractivity contribution in [3.05, 3.63) is 46.6 Å². The summed E-state index contributed by atoms with van der Waals surface area (Å²) in [5, 5.41) is 3.10. The predicted molar refractivity (Wildman–Crippen MR) is 107 cm³/mol. The summed E-state index contributed by atoms with van der Waals surface area (Å²) >= 11 is 1.60. The van der Waals surface area contributed by atoms with Gasteiger partial charge in [-0.1, -0.05) is 17.7 Å². The van der Waals surface area contributed by atoms with Gasteiger partial charge in [-0.3, -0.25) is 0 Å². The molecule has 2 heterocycles. The molecule has 138 valence electrons. The third-order valence-corrected chi connectivity index (χ3v) is 6.61. The number of anilines is 1. The van der Waals surface area contributed by atoms with Gasteiger partial charge in [0.25, 0.3) is 0 Å². The van der Waals surface area contributed by atoms with E-state index in [1.54, 1.807) is 35.6 Å². The van der Waals surface area contributed by atoms with Gasteiger partial charge in [-0.25, -0.2) is 23.1 Å². The first-order valence-corrected chi connectivity index (χ1v) is 10.6. The number of likely N-dealkylation sites (N-methyl/N-ethyl adjacent to an activating group) is 1. The summed E-state index contributed by atoms with van der Waals surface area (Å²) in [6, 6.07) is 6.82. The highest BCUT2D eigenvalue weighted by molar-refractivity contribution is 7.89. The topological polar surface area (TPSA) is 75.2 Å². The lowest BCUT2D eigenvalue weighted by Crippen LogP contribution is -2.33. The fraction of sp³-hybridized carbons (Fsp3) is 0.333. The van der Waals surface area contributed by atoms with E-state index in [9.17, 15) is 8.42 Å². The molecule has 6 nitrogen and oxygen atoms in total. The zero-order valence-electron chi connectivity index (χ0n) is 15.3. The molecule has 3 rings (SSSR count). The van der Waals surface area contributed by atoms with Crippen LogP contribution in [0.2, 0.25) is 0 Å². The molecule has 0 saturated carbocycles. The van der Waals surface area contributed by atoms with E-state index in [-0.39, 0.29) is 4.90 Å². The number of nitrogens with zero attached hydrogens (tertiary/aromatic N) is 3. The van der Waals surface area contributed by atoms with Gasteiger partial charge in [0.2, 0.25) is 10.0 Å². The standard InChI is InChI=1S/C18H22N4O2S2/c1-12-5-7-15(8-6-12)26(23,24)19-9-10-22(4)17-16-13(2)11-25-18(16)21-14(3)20-17/h5-8,11,19H,9-10H2,1-4H3. The average Bonchev–Trinajstić information content (AvgIpc) is 2.95. The molecule has 0 spiro atoms. The fourth-order valence-electron chi connectivity index (χ4n) is 2.70. The van der Waals surface area contributed by atoms with Gasteiger partial charge in [-0.05, 0) is 43.8 Å². The van der Waals surface area contributed by atoms with E-state index < -0.39 is 10.0 Å². The van der Waals surface area contributed by atoms with Crippen molar-refractivity contribution in [3.63, 3.8) is 0 Å². The monoisotopic (exact) mass is 390 g/mol. The van der Waals surface area contributed by atoms with Gasteiger partial charge in [0, 0.05) is 20.1 Å². The van der Waals surface area contributed by atoms with Crippen LogP contribution in [0.5, 0.6) is 0 Å². The Balaban J connectivity index is 1.72. The zero-order valence-corrected chi connectivity index (χ0v) is 16.9. The number of hydrogen-bond acceptors (Lipinski definition) is 6. The van der Waals surface area contributed by atoms with Gasteiger partial charge in [-0.15, -0.1) is 11.3 Å². The van der Waals surface area contributed by atoms with Gasteiger partial charge < -0.3 is 4.90 Å². The molecule has 2 aromatic heterocycles. The normalized spacial score (nSPS) is 11.8. The van der Waals surface area contributed by atoms with E-state index in [1.165, 1.54) is 0 Å². The molecule has 0 fully saturated rings. The molecule has 0 radical (unpaired) electrons. The number of fused-ring (bicyclic) bond motifs is 1. The molecule has 0 unspecified atom stereocenters. The first-order valence-electron chi connectivity index (χ1n) is 8.28. The van der Waals surface area contributed by atoms with Crippen molar-refractivity contribution in [3.8, 4) is 0 Å². The summed E-state index contributed by atoms with van der Waals surface area (Å²) < 4.78 is 27.4. The summed E-state index contributed by atoms with van der Waals surface area (Å²) in [4.78, 5) is 12.2. The van der Waals surface area contributed by atoms with Crippen molar-refractivity contribution >= 4 is 37.4 Å². The minimum Gasteiger partial charge on any atom is -0.358 e. The Morgan fingerprint density at radius 3 is 2.50 bits per heavy atom. The lowest BCUT2D eigenvalue weighted by atomic mass is 10.2. The van der Waals surface area contributed by atoms with Crippen LogP contribution < -0.4 is 9.62 Å². The first-order chi connectivity index (χ1) is 12.3. The highest BCUT2D eigenvalue weighted by Gasteiger charge is 2.16. The molecule has 1 N–H and O–H groups in total. The van der Waals surface area contributed by atoms with Crippen LogP contribution in [0.3, 0.4) is 0 Å². The molecule has 3 aromatic rings. The molecule has 0 aliphatic rings. The quantitative estimate of drug-likeness (QED) is 0.700. The number of sulfonamides is 1. The minimum atomic E-state index is -3.51. The van der Waals surface area contributed by atoms with Crippen molar-refractivity contribution < 1.29 is 8.42 Å². The van der Waals surface area contributed by atoms with Crippen LogP contribution in [0.4, 0.5) is 5.82 Å². The van der Waals surface area contributed by atoms with Crippen molar-refractivity contribution in [2.75, 3.05) is 25.0 Å². The van der Waals surface area contributed by atoms with Crippen molar-refractivity contribution in [1.82, 2.24) is 14.7 Å². The molecular formula is C18H22N4O2S2. The summed E-state index contributed by atoms with van der Waals surface area (Å²) in [7, 11) is -1.60. The Morgan fingerprint density at radius 2 is 1.81 bits per heavy atom. The lowest BCUT2D eigenvalue weighted by molar-refractivity contribution is 0.581. The molecule has 0 bridgehead atoms. The van der Waals surface area contributed by atoms with E-state index in [2.05, 4.69) is 20.1 Å². The predicted octanol–water partition coefficient (Wildman–Crippen LogP) is 3.03. The first kappa shape index (κ1) is 18.8. The van der Waals surface area contributed by atoms with Crippen LogP contribution in [0, 0.1) is 20.8 Å². The molecule has 0 saturated heterocycles. The second kappa shape index (κ2) is 7.30. The van der Waals surface area contributed by atoms with Crippen LogP contribution in [-0.4, -0.2) is 38.5 Å². The fourth-order valence-corrected chi connectivity index (χ4v) is 4.68. The molecule has 0 aliphatic carbocycles. The lowest BCUT2D eigenvalue weighted by Gasteiger charge is -2.20. The van der Waals surface area contributed by atoms with Crippen LogP contribution in [0.1, 0.15) is 17.0 Å². The van der Waals surface area contributed by atoms with Crippen LogP contribution >= 0.6 is 11.3 Å². The molecule has 8 heteroatoms. The maximum Gasteiger partial charge on any atom is 0.240 e. The van der Waals surface area contributed by atoms with Gasteiger partial charge in [0.1, 0.15) is 16.5 Å². The van der Waals surface area contributed by atoms with Gasteiger partial charge >= 0.3 is 0 Å². The molecule has 26 heavy (non-hydrogen) atoms. The number of thiophene rings is 1. The van der Waals surface area contributed by atoms with E-state index in [4.69, 9.17) is 0 Å². The van der Waals surface area contributed by atoms with Crippen molar-refractivity contribution in [2.24, 2.45) is 0 Å². The Bertz CT molecular complexity index is 1030. The SMILES string of the molecule is Cc1ccc(S(=O)(=O)NCCN(C)c2nc(C)nc3scc(C)c23)cc1. The number of aryl methyl sites for hydroxylation is 3. The third-order valence-electron chi connectivity index (χ3n) is 4.14. The number of benzene rings is 1. The van der Waals surface area contributed by atoms with Gasteiger partial charge in [-0.2, -0.15) is 0 Å². The minimum absolute atomic E-state index is 0.278.